The molecule has 0 bridgehead atoms. The van der Waals surface area contributed by atoms with Gasteiger partial charge in [-0.3, -0.25) is 0 Å². The number of hydrogen-bond acceptors (Lipinski definition) is 1. The lowest BCUT2D eigenvalue weighted by Gasteiger charge is -2.24. The molecule has 0 atom stereocenters. The monoisotopic (exact) mass is 126 g/mol. The van der Waals surface area contributed by atoms with Gasteiger partial charge in [-0.2, -0.15) is 0 Å². The van der Waals surface area contributed by atoms with Gasteiger partial charge in [0.25, 0.3) is 0 Å². The molecule has 9 heavy (non-hydrogen) atoms. The highest BCUT2D eigenvalue weighted by molar-refractivity contribution is 4.96. The Morgan fingerprint density at radius 2 is 1.78 bits per heavy atom. The molecule has 0 saturated carbocycles. The molecule has 1 heteroatoms. The maximum Gasteiger partial charge on any atom is -0.00433 e. The van der Waals surface area contributed by atoms with E-state index >= 15 is 0 Å². The molecule has 53 valence electrons. The summed E-state index contributed by atoms with van der Waals surface area (Å²) in [4.78, 5) is 0. The summed E-state index contributed by atoms with van der Waals surface area (Å²) < 4.78 is 0. The van der Waals surface area contributed by atoms with E-state index in [1.54, 1.807) is 5.92 Å². The fourth-order valence-electron chi connectivity index (χ4n) is 1.33. The minimum Gasteiger partial charge on any atom is -0.317 e. The predicted molar refractivity (Wildman–Crippen MR) is 40.2 cm³/mol. The van der Waals surface area contributed by atoms with E-state index in [-0.39, 0.29) is 0 Å². The molecule has 1 aliphatic rings. The first-order valence-corrected chi connectivity index (χ1v) is 3.86. The number of piperidine rings is 1. The van der Waals surface area contributed by atoms with Gasteiger partial charge in [0.1, 0.15) is 0 Å². The third-order valence-corrected chi connectivity index (χ3v) is 2.06. The van der Waals surface area contributed by atoms with Gasteiger partial charge in [0.05, 0.1) is 0 Å². The lowest BCUT2D eigenvalue weighted by atomic mass is 9.87. The van der Waals surface area contributed by atoms with Gasteiger partial charge in [0, 0.05) is 0 Å². The van der Waals surface area contributed by atoms with Gasteiger partial charge in [0.15, 0.2) is 0 Å². The normalized spacial score (nSPS) is 23.0. The zero-order chi connectivity index (χ0) is 6.69. The van der Waals surface area contributed by atoms with Crippen LogP contribution in [0.2, 0.25) is 0 Å². The molecule has 1 saturated heterocycles. The molecule has 0 aromatic carbocycles. The van der Waals surface area contributed by atoms with E-state index in [2.05, 4.69) is 19.2 Å². The Kier molecular flexibility index (Phi) is 2.52. The third-order valence-electron chi connectivity index (χ3n) is 2.06. The van der Waals surface area contributed by atoms with Crippen molar-refractivity contribution in [2.75, 3.05) is 13.1 Å². The van der Waals surface area contributed by atoms with Crippen LogP contribution in [0.1, 0.15) is 26.7 Å². The van der Waals surface area contributed by atoms with Crippen molar-refractivity contribution in [3.05, 3.63) is 5.92 Å². The topological polar surface area (TPSA) is 12.0 Å². The van der Waals surface area contributed by atoms with Crippen molar-refractivity contribution in [2.24, 2.45) is 5.92 Å². The Bertz CT molecular complexity index is 72.6. The van der Waals surface area contributed by atoms with Crippen molar-refractivity contribution in [3.8, 4) is 0 Å². The Hall–Kier alpha value is -0.0400. The molecule has 0 unspecified atom stereocenters. The van der Waals surface area contributed by atoms with Crippen molar-refractivity contribution in [1.29, 1.82) is 0 Å². The molecular weight excluding hydrogens is 110 g/mol. The first kappa shape index (κ1) is 7.07. The van der Waals surface area contributed by atoms with E-state index in [9.17, 15) is 0 Å². The van der Waals surface area contributed by atoms with Gasteiger partial charge < -0.3 is 5.32 Å². The lowest BCUT2D eigenvalue weighted by Crippen LogP contribution is -2.28. The van der Waals surface area contributed by atoms with Crippen LogP contribution in [0.15, 0.2) is 0 Å². The molecule has 0 aromatic heterocycles. The second kappa shape index (κ2) is 3.21. The van der Waals surface area contributed by atoms with Gasteiger partial charge >= 0.3 is 0 Å². The second-order valence-corrected chi connectivity index (χ2v) is 3.06. The third kappa shape index (κ3) is 1.98. The Balaban J connectivity index is 2.23. The molecule has 0 aliphatic carbocycles. The standard InChI is InChI=1S/C8H16N/c1-7(2)8-3-5-9-6-4-8/h7,9H,3-6H2,1-2H3. The van der Waals surface area contributed by atoms with Crippen LogP contribution in [-0.4, -0.2) is 13.1 Å². The average Bonchev–Trinajstić information content (AvgIpc) is 1.90. The van der Waals surface area contributed by atoms with E-state index in [4.69, 9.17) is 0 Å². The molecule has 1 fully saturated rings. The van der Waals surface area contributed by atoms with Crippen LogP contribution in [-0.2, 0) is 0 Å². The number of hydrogen-bond donors (Lipinski definition) is 1. The highest BCUT2D eigenvalue weighted by atomic mass is 14.9. The summed E-state index contributed by atoms with van der Waals surface area (Å²) in [6, 6.07) is 0. The molecule has 1 aliphatic heterocycles. The van der Waals surface area contributed by atoms with Gasteiger partial charge in [-0.05, 0) is 37.8 Å². The summed E-state index contributed by atoms with van der Waals surface area (Å²) >= 11 is 0. The lowest BCUT2D eigenvalue weighted by molar-refractivity contribution is 0.468. The van der Waals surface area contributed by atoms with Crippen LogP contribution >= 0.6 is 0 Å². The van der Waals surface area contributed by atoms with Crippen molar-refractivity contribution in [3.63, 3.8) is 0 Å². The fourth-order valence-corrected chi connectivity index (χ4v) is 1.33. The molecule has 0 aromatic rings. The van der Waals surface area contributed by atoms with E-state index in [0.717, 1.165) is 5.92 Å². The summed E-state index contributed by atoms with van der Waals surface area (Å²) in [6.07, 6.45) is 2.61. The van der Waals surface area contributed by atoms with E-state index in [1.165, 1.54) is 25.9 Å². The van der Waals surface area contributed by atoms with Crippen molar-refractivity contribution in [1.82, 2.24) is 5.32 Å². The highest BCUT2D eigenvalue weighted by Gasteiger charge is 2.15. The molecule has 0 spiro atoms. The average molecular weight is 126 g/mol. The molecule has 1 nitrogen and oxygen atoms in total. The summed E-state index contributed by atoms with van der Waals surface area (Å²) in [7, 11) is 0. The van der Waals surface area contributed by atoms with Gasteiger partial charge in [-0.1, -0.05) is 13.8 Å². The fraction of sp³-hybridized carbons (Fsp3) is 0.875. The van der Waals surface area contributed by atoms with Crippen LogP contribution in [0.4, 0.5) is 0 Å². The summed E-state index contributed by atoms with van der Waals surface area (Å²) in [6.45, 7) is 6.99. The molecule has 0 amide bonds. The molecule has 1 radical (unpaired) electrons. The van der Waals surface area contributed by atoms with Gasteiger partial charge in [-0.25, -0.2) is 0 Å². The minimum absolute atomic E-state index is 0.812. The first-order chi connectivity index (χ1) is 4.30. The maximum absolute atomic E-state index is 3.35. The summed E-state index contributed by atoms with van der Waals surface area (Å²) in [5.74, 6) is 2.56. The van der Waals surface area contributed by atoms with Crippen molar-refractivity contribution >= 4 is 0 Å². The Morgan fingerprint density at radius 1 is 1.22 bits per heavy atom. The van der Waals surface area contributed by atoms with Crippen LogP contribution in [0, 0.1) is 11.8 Å². The Labute approximate surface area is 57.8 Å². The van der Waals surface area contributed by atoms with Crippen molar-refractivity contribution < 1.29 is 0 Å². The number of nitrogens with one attached hydrogen (secondary N) is 1. The highest BCUT2D eigenvalue weighted by Crippen LogP contribution is 2.22. The molecular formula is C8H16N. The predicted octanol–water partition coefficient (Wildman–Crippen LogP) is 1.60. The quantitative estimate of drug-likeness (QED) is 0.562. The number of rotatable bonds is 1. The van der Waals surface area contributed by atoms with E-state index in [0.29, 0.717) is 0 Å². The van der Waals surface area contributed by atoms with E-state index < -0.39 is 0 Å². The largest absolute Gasteiger partial charge is 0.317 e. The van der Waals surface area contributed by atoms with Crippen LogP contribution in [0.5, 0.6) is 0 Å². The maximum atomic E-state index is 3.35. The van der Waals surface area contributed by atoms with Crippen LogP contribution in [0.25, 0.3) is 0 Å². The SMILES string of the molecule is CC(C)[C]1CCNCC1. The zero-order valence-corrected chi connectivity index (χ0v) is 6.41. The van der Waals surface area contributed by atoms with Crippen LogP contribution < -0.4 is 5.32 Å². The summed E-state index contributed by atoms with van der Waals surface area (Å²) in [5, 5.41) is 3.35. The molecule has 1 N–H and O–H groups in total. The van der Waals surface area contributed by atoms with E-state index in [1.807, 2.05) is 0 Å². The van der Waals surface area contributed by atoms with Crippen LogP contribution in [0.3, 0.4) is 0 Å². The van der Waals surface area contributed by atoms with Gasteiger partial charge in [0.2, 0.25) is 0 Å². The summed E-state index contributed by atoms with van der Waals surface area (Å²) in [5.41, 5.74) is 0. The smallest absolute Gasteiger partial charge is 0.00433 e. The molecule has 1 heterocycles. The minimum atomic E-state index is 0.812. The zero-order valence-electron chi connectivity index (χ0n) is 6.41. The first-order valence-electron chi connectivity index (χ1n) is 3.86. The van der Waals surface area contributed by atoms with Gasteiger partial charge in [-0.15, -0.1) is 0 Å². The second-order valence-electron chi connectivity index (χ2n) is 3.06. The molecule has 1 rings (SSSR count). The van der Waals surface area contributed by atoms with Crippen molar-refractivity contribution in [2.45, 2.75) is 26.7 Å². The Morgan fingerprint density at radius 3 is 2.11 bits per heavy atom.